The van der Waals surface area contributed by atoms with Crippen molar-refractivity contribution in [3.63, 3.8) is 0 Å². The predicted molar refractivity (Wildman–Crippen MR) is 144 cm³/mol. The van der Waals surface area contributed by atoms with E-state index in [1.54, 1.807) is 24.3 Å². The van der Waals surface area contributed by atoms with E-state index in [4.69, 9.17) is 0 Å². The van der Waals surface area contributed by atoms with Gasteiger partial charge in [0.2, 0.25) is 5.95 Å². The van der Waals surface area contributed by atoms with Gasteiger partial charge in [0.1, 0.15) is 18.5 Å². The fourth-order valence-electron chi connectivity index (χ4n) is 4.09. The molecule has 0 radical (unpaired) electrons. The number of hydrogen-bond donors (Lipinski definition) is 3. The molecule has 0 unspecified atom stereocenters. The number of rotatable bonds is 7. The lowest BCUT2D eigenvalue weighted by Gasteiger charge is -2.32. The number of nitrogens with one attached hydrogen (secondary N) is 3. The zero-order valence-electron chi connectivity index (χ0n) is 21.8. The zero-order valence-corrected chi connectivity index (χ0v) is 21.8. The number of carbonyl (C=O) groups is 1. The molecule has 2 aromatic carbocycles. The van der Waals surface area contributed by atoms with Crippen molar-refractivity contribution in [1.29, 1.82) is 0 Å². The summed E-state index contributed by atoms with van der Waals surface area (Å²) in [7, 11) is 2.08. The first-order valence-electron chi connectivity index (χ1n) is 12.4. The van der Waals surface area contributed by atoms with Crippen LogP contribution in [0.15, 0.2) is 61.2 Å². The summed E-state index contributed by atoms with van der Waals surface area (Å²) < 4.78 is 40.7. The molecule has 0 bridgehead atoms. The lowest BCUT2D eigenvalue weighted by molar-refractivity contribution is -0.137. The Morgan fingerprint density at radius 2 is 1.75 bits per heavy atom. The van der Waals surface area contributed by atoms with Crippen molar-refractivity contribution in [2.45, 2.75) is 13.1 Å². The molecule has 40 heavy (non-hydrogen) atoms. The molecule has 14 heteroatoms. The van der Waals surface area contributed by atoms with Crippen LogP contribution in [0, 0.1) is 6.92 Å². The highest BCUT2D eigenvalue weighted by atomic mass is 19.4. The topological polar surface area (TPSA) is 116 Å². The van der Waals surface area contributed by atoms with Crippen molar-refractivity contribution in [2.24, 2.45) is 0 Å². The van der Waals surface area contributed by atoms with Gasteiger partial charge in [-0.3, -0.25) is 4.79 Å². The Balaban J connectivity index is 1.31. The van der Waals surface area contributed by atoms with Crippen molar-refractivity contribution >= 4 is 29.0 Å². The van der Waals surface area contributed by atoms with E-state index in [2.05, 4.69) is 53.1 Å². The Morgan fingerprint density at radius 3 is 2.52 bits per heavy atom. The minimum Gasteiger partial charge on any atom is -0.324 e. The second-order valence-corrected chi connectivity index (χ2v) is 9.35. The van der Waals surface area contributed by atoms with E-state index in [0.29, 0.717) is 29.0 Å². The van der Waals surface area contributed by atoms with Gasteiger partial charge in [0, 0.05) is 49.2 Å². The molecule has 1 fully saturated rings. The van der Waals surface area contributed by atoms with Crippen molar-refractivity contribution in [3.05, 3.63) is 77.9 Å². The second-order valence-electron chi connectivity index (χ2n) is 9.35. The molecule has 5 rings (SSSR count). The van der Waals surface area contributed by atoms with E-state index in [1.165, 1.54) is 29.5 Å². The summed E-state index contributed by atoms with van der Waals surface area (Å²) in [5, 5.41) is 12.2. The van der Waals surface area contributed by atoms with Gasteiger partial charge in [0.15, 0.2) is 5.82 Å². The maximum absolute atomic E-state index is 13.1. The van der Waals surface area contributed by atoms with Crippen LogP contribution < -0.4 is 16.1 Å². The van der Waals surface area contributed by atoms with Crippen LogP contribution in [0.3, 0.4) is 0 Å². The molecule has 0 atom stereocenters. The molecule has 4 aromatic rings. The fraction of sp³-hybridized carbons (Fsp3) is 0.269. The SMILES string of the molecule is Cc1ccc(NC(=O)c2cccc(C(F)(F)F)c2)cc1Nc1ncnn1-c1cc(NN2CCN(C)CC2)ncn1. The quantitative estimate of drug-likeness (QED) is 0.313. The molecule has 2 aromatic heterocycles. The molecular weight excluding hydrogens is 525 g/mol. The minimum absolute atomic E-state index is 0.102. The van der Waals surface area contributed by atoms with Crippen molar-refractivity contribution in [1.82, 2.24) is 34.6 Å². The second kappa shape index (κ2) is 11.3. The predicted octanol–water partition coefficient (Wildman–Crippen LogP) is 3.95. The van der Waals surface area contributed by atoms with E-state index in [9.17, 15) is 18.0 Å². The van der Waals surface area contributed by atoms with Gasteiger partial charge in [0.25, 0.3) is 5.91 Å². The molecule has 0 saturated carbocycles. The fourth-order valence-corrected chi connectivity index (χ4v) is 4.09. The van der Waals surface area contributed by atoms with Crippen LogP contribution in [0.4, 0.5) is 36.3 Å². The average Bonchev–Trinajstić information content (AvgIpc) is 3.40. The zero-order chi connectivity index (χ0) is 28.3. The number of anilines is 4. The highest BCUT2D eigenvalue weighted by molar-refractivity contribution is 6.04. The first-order valence-corrected chi connectivity index (χ1v) is 12.4. The number of nitrogens with zero attached hydrogens (tertiary/aromatic N) is 7. The average molecular weight is 553 g/mol. The maximum atomic E-state index is 13.1. The van der Waals surface area contributed by atoms with Crippen LogP contribution in [0.2, 0.25) is 0 Å². The summed E-state index contributed by atoms with van der Waals surface area (Å²) in [5.74, 6) is 0.809. The van der Waals surface area contributed by atoms with Gasteiger partial charge in [-0.05, 0) is 49.9 Å². The summed E-state index contributed by atoms with van der Waals surface area (Å²) in [6, 6.07) is 11.1. The summed E-state index contributed by atoms with van der Waals surface area (Å²) in [5.41, 5.74) is 4.15. The number of amides is 1. The van der Waals surface area contributed by atoms with Gasteiger partial charge < -0.3 is 21.0 Å². The molecule has 1 aliphatic rings. The maximum Gasteiger partial charge on any atom is 0.416 e. The number of piperazine rings is 1. The van der Waals surface area contributed by atoms with Crippen LogP contribution >= 0.6 is 0 Å². The number of hydrogen-bond acceptors (Lipinski definition) is 9. The van der Waals surface area contributed by atoms with E-state index >= 15 is 0 Å². The third-order valence-corrected chi connectivity index (χ3v) is 6.39. The monoisotopic (exact) mass is 552 g/mol. The number of hydrazine groups is 1. The minimum atomic E-state index is -4.54. The third kappa shape index (κ3) is 6.35. The van der Waals surface area contributed by atoms with Crippen molar-refractivity contribution in [3.8, 4) is 5.82 Å². The molecule has 3 heterocycles. The number of benzene rings is 2. The summed E-state index contributed by atoms with van der Waals surface area (Å²) >= 11 is 0. The van der Waals surface area contributed by atoms with Gasteiger partial charge >= 0.3 is 6.18 Å². The van der Waals surface area contributed by atoms with Crippen LogP contribution in [0.1, 0.15) is 21.5 Å². The lowest BCUT2D eigenvalue weighted by atomic mass is 10.1. The standard InChI is InChI=1S/C26H27F3N10O/c1-17-6-7-20(34-24(40)18-4-3-5-19(12-18)26(27,28)29)13-21(17)35-25-32-16-33-39(25)23-14-22(30-15-31-23)36-38-10-8-37(2)9-11-38/h3-7,12-16H,8-11H2,1-2H3,(H,34,40)(H,30,31,36)(H,32,33,35). The smallest absolute Gasteiger partial charge is 0.324 e. The Hall–Kier alpha value is -4.56. The first-order chi connectivity index (χ1) is 19.2. The molecule has 11 nitrogen and oxygen atoms in total. The molecular formula is C26H27F3N10O. The summed E-state index contributed by atoms with van der Waals surface area (Å²) in [6.07, 6.45) is -1.72. The van der Waals surface area contributed by atoms with E-state index in [0.717, 1.165) is 43.9 Å². The highest BCUT2D eigenvalue weighted by Gasteiger charge is 2.31. The lowest BCUT2D eigenvalue weighted by Crippen LogP contribution is -2.47. The Bertz CT molecular complexity index is 1500. The Kier molecular flexibility index (Phi) is 7.62. The van der Waals surface area contributed by atoms with Crippen LogP contribution in [0.25, 0.3) is 5.82 Å². The third-order valence-electron chi connectivity index (χ3n) is 6.39. The normalized spacial score (nSPS) is 14.6. The largest absolute Gasteiger partial charge is 0.416 e. The van der Waals surface area contributed by atoms with E-state index < -0.39 is 17.6 Å². The molecule has 0 spiro atoms. The highest BCUT2D eigenvalue weighted by Crippen LogP contribution is 2.30. The number of halogens is 3. The van der Waals surface area contributed by atoms with Gasteiger partial charge in [-0.1, -0.05) is 12.1 Å². The van der Waals surface area contributed by atoms with Crippen LogP contribution in [-0.4, -0.2) is 73.8 Å². The first kappa shape index (κ1) is 27.0. The van der Waals surface area contributed by atoms with Crippen molar-refractivity contribution in [2.75, 3.05) is 49.3 Å². The number of aromatic nitrogens is 5. The van der Waals surface area contributed by atoms with Gasteiger partial charge in [0.05, 0.1) is 5.56 Å². The van der Waals surface area contributed by atoms with Gasteiger partial charge in [-0.15, -0.1) is 0 Å². The molecule has 208 valence electrons. The summed E-state index contributed by atoms with van der Waals surface area (Å²) in [4.78, 5) is 27.9. The van der Waals surface area contributed by atoms with Gasteiger partial charge in [-0.2, -0.15) is 27.9 Å². The number of likely N-dealkylation sites (N-methyl/N-ethyl adjacent to an activating group) is 1. The van der Waals surface area contributed by atoms with Crippen LogP contribution in [-0.2, 0) is 6.18 Å². The summed E-state index contributed by atoms with van der Waals surface area (Å²) in [6.45, 7) is 5.46. The van der Waals surface area contributed by atoms with E-state index in [-0.39, 0.29) is 5.56 Å². The molecule has 0 aliphatic carbocycles. The molecule has 1 amide bonds. The van der Waals surface area contributed by atoms with Gasteiger partial charge in [-0.25, -0.2) is 15.0 Å². The number of aryl methyl sites for hydroxylation is 1. The molecule has 1 saturated heterocycles. The molecule has 3 N–H and O–H groups in total. The number of alkyl halides is 3. The number of carbonyl (C=O) groups excluding carboxylic acids is 1. The van der Waals surface area contributed by atoms with Crippen molar-refractivity contribution < 1.29 is 18.0 Å². The van der Waals surface area contributed by atoms with E-state index in [1.807, 2.05) is 6.92 Å². The van der Waals surface area contributed by atoms with Crippen LogP contribution in [0.5, 0.6) is 0 Å². The Labute approximate surface area is 228 Å². The molecule has 1 aliphatic heterocycles. The Morgan fingerprint density at radius 1 is 0.950 bits per heavy atom.